The lowest BCUT2D eigenvalue weighted by Gasteiger charge is -2.19. The summed E-state index contributed by atoms with van der Waals surface area (Å²) in [5, 5.41) is 4.31. The number of carbonyl (C=O) groups is 1. The van der Waals surface area contributed by atoms with Crippen LogP contribution in [-0.4, -0.2) is 38.7 Å². The first-order valence-corrected chi connectivity index (χ1v) is 7.43. The second kappa shape index (κ2) is 7.02. The molecule has 1 aromatic heterocycles. The van der Waals surface area contributed by atoms with E-state index in [-0.39, 0.29) is 11.7 Å². The van der Waals surface area contributed by atoms with E-state index in [4.69, 9.17) is 0 Å². The summed E-state index contributed by atoms with van der Waals surface area (Å²) in [5.41, 5.74) is 2.09. The highest BCUT2D eigenvalue weighted by atomic mass is 16.2. The van der Waals surface area contributed by atoms with Crippen LogP contribution in [0.4, 0.5) is 0 Å². The third-order valence-electron chi connectivity index (χ3n) is 3.26. The van der Waals surface area contributed by atoms with Crippen molar-refractivity contribution in [3.05, 3.63) is 42.0 Å². The van der Waals surface area contributed by atoms with Gasteiger partial charge in [-0.1, -0.05) is 31.5 Å². The standard InChI is InChI=1S/C16H22N4O/c1-4-10-19(11-5-2)16(21)15-17-12-20(18-15)14-8-6-13(3)7-9-14/h6-9,12H,4-5,10-11H2,1-3H3. The third-order valence-corrected chi connectivity index (χ3v) is 3.26. The number of aryl methyl sites for hydroxylation is 1. The zero-order valence-corrected chi connectivity index (χ0v) is 12.9. The van der Waals surface area contributed by atoms with Crippen molar-refractivity contribution < 1.29 is 4.79 Å². The summed E-state index contributed by atoms with van der Waals surface area (Å²) in [6.07, 6.45) is 3.46. The highest BCUT2D eigenvalue weighted by Gasteiger charge is 2.18. The lowest BCUT2D eigenvalue weighted by atomic mass is 10.2. The molecule has 0 N–H and O–H groups in total. The van der Waals surface area contributed by atoms with Gasteiger partial charge in [0, 0.05) is 13.1 Å². The van der Waals surface area contributed by atoms with E-state index in [0.717, 1.165) is 31.6 Å². The minimum atomic E-state index is -0.0930. The molecule has 1 aromatic carbocycles. The fourth-order valence-corrected chi connectivity index (χ4v) is 2.18. The number of benzene rings is 1. The van der Waals surface area contributed by atoms with E-state index in [1.165, 1.54) is 5.56 Å². The Morgan fingerprint density at radius 1 is 1.14 bits per heavy atom. The van der Waals surface area contributed by atoms with Crippen molar-refractivity contribution in [1.82, 2.24) is 19.7 Å². The molecule has 0 aliphatic carbocycles. The van der Waals surface area contributed by atoms with E-state index in [2.05, 4.69) is 23.9 Å². The van der Waals surface area contributed by atoms with Gasteiger partial charge < -0.3 is 4.90 Å². The van der Waals surface area contributed by atoms with Crippen LogP contribution in [0.1, 0.15) is 42.9 Å². The van der Waals surface area contributed by atoms with E-state index in [0.29, 0.717) is 0 Å². The molecule has 112 valence electrons. The molecule has 0 atom stereocenters. The molecule has 2 rings (SSSR count). The number of hydrogen-bond acceptors (Lipinski definition) is 3. The summed E-state index contributed by atoms with van der Waals surface area (Å²) in [4.78, 5) is 18.4. The average Bonchev–Trinajstić information content (AvgIpc) is 2.97. The van der Waals surface area contributed by atoms with E-state index in [1.54, 1.807) is 11.0 Å². The predicted molar refractivity (Wildman–Crippen MR) is 82.6 cm³/mol. The summed E-state index contributed by atoms with van der Waals surface area (Å²) in [5.74, 6) is 0.169. The van der Waals surface area contributed by atoms with Crippen LogP contribution in [0.25, 0.3) is 5.69 Å². The van der Waals surface area contributed by atoms with Crippen LogP contribution in [0.5, 0.6) is 0 Å². The quantitative estimate of drug-likeness (QED) is 0.820. The highest BCUT2D eigenvalue weighted by molar-refractivity contribution is 5.90. The predicted octanol–water partition coefficient (Wildman–Crippen LogP) is 2.84. The molecule has 0 saturated heterocycles. The van der Waals surface area contributed by atoms with Crippen molar-refractivity contribution in [2.45, 2.75) is 33.6 Å². The second-order valence-electron chi connectivity index (χ2n) is 5.14. The molecule has 0 fully saturated rings. The van der Waals surface area contributed by atoms with Crippen LogP contribution in [0, 0.1) is 6.92 Å². The summed E-state index contributed by atoms with van der Waals surface area (Å²) >= 11 is 0. The lowest BCUT2D eigenvalue weighted by molar-refractivity contribution is 0.0743. The van der Waals surface area contributed by atoms with Crippen molar-refractivity contribution in [2.24, 2.45) is 0 Å². The summed E-state index contributed by atoms with van der Waals surface area (Å²) in [6.45, 7) is 7.65. The molecule has 0 unspecified atom stereocenters. The van der Waals surface area contributed by atoms with E-state index < -0.39 is 0 Å². The summed E-state index contributed by atoms with van der Waals surface area (Å²) in [7, 11) is 0. The zero-order valence-electron chi connectivity index (χ0n) is 12.9. The molecule has 5 heteroatoms. The molecular weight excluding hydrogens is 264 g/mol. The number of carbonyl (C=O) groups excluding carboxylic acids is 1. The van der Waals surface area contributed by atoms with E-state index >= 15 is 0 Å². The van der Waals surface area contributed by atoms with Gasteiger partial charge in [-0.15, -0.1) is 5.10 Å². The van der Waals surface area contributed by atoms with Crippen molar-refractivity contribution in [3.63, 3.8) is 0 Å². The van der Waals surface area contributed by atoms with Gasteiger partial charge in [-0.3, -0.25) is 4.79 Å². The molecule has 0 aliphatic heterocycles. The van der Waals surface area contributed by atoms with Crippen molar-refractivity contribution >= 4 is 5.91 Å². The summed E-state index contributed by atoms with van der Waals surface area (Å²) < 4.78 is 1.64. The van der Waals surface area contributed by atoms with E-state index in [9.17, 15) is 4.79 Å². The Labute approximate surface area is 125 Å². The molecule has 1 amide bonds. The first-order chi connectivity index (χ1) is 10.2. The second-order valence-corrected chi connectivity index (χ2v) is 5.14. The van der Waals surface area contributed by atoms with Gasteiger partial charge >= 0.3 is 0 Å². The van der Waals surface area contributed by atoms with Gasteiger partial charge in [0.25, 0.3) is 5.91 Å². The minimum Gasteiger partial charge on any atom is -0.336 e. The van der Waals surface area contributed by atoms with Crippen molar-refractivity contribution in [2.75, 3.05) is 13.1 Å². The van der Waals surface area contributed by atoms with Gasteiger partial charge in [0.05, 0.1) is 5.69 Å². The van der Waals surface area contributed by atoms with Gasteiger partial charge in [0.1, 0.15) is 6.33 Å². The smallest absolute Gasteiger partial charge is 0.293 e. The normalized spacial score (nSPS) is 10.6. The van der Waals surface area contributed by atoms with Crippen molar-refractivity contribution in [3.8, 4) is 5.69 Å². The topological polar surface area (TPSA) is 51.0 Å². The number of amides is 1. The maximum atomic E-state index is 12.4. The Morgan fingerprint density at radius 3 is 2.33 bits per heavy atom. The SMILES string of the molecule is CCCN(CCC)C(=O)c1ncn(-c2ccc(C)cc2)n1. The van der Waals surface area contributed by atoms with Crippen LogP contribution < -0.4 is 0 Å². The monoisotopic (exact) mass is 286 g/mol. The molecule has 0 aliphatic rings. The number of hydrogen-bond donors (Lipinski definition) is 0. The molecule has 0 radical (unpaired) electrons. The largest absolute Gasteiger partial charge is 0.336 e. The van der Waals surface area contributed by atoms with Crippen LogP contribution in [-0.2, 0) is 0 Å². The fourth-order valence-electron chi connectivity index (χ4n) is 2.18. The fraction of sp³-hybridized carbons (Fsp3) is 0.438. The molecule has 21 heavy (non-hydrogen) atoms. The van der Waals surface area contributed by atoms with Crippen LogP contribution >= 0.6 is 0 Å². The highest BCUT2D eigenvalue weighted by Crippen LogP contribution is 2.09. The number of rotatable bonds is 6. The zero-order chi connectivity index (χ0) is 15.2. The van der Waals surface area contributed by atoms with Crippen LogP contribution in [0.15, 0.2) is 30.6 Å². The number of nitrogens with zero attached hydrogens (tertiary/aromatic N) is 4. The molecular formula is C16H22N4O. The van der Waals surface area contributed by atoms with Gasteiger partial charge in [-0.05, 0) is 31.9 Å². The van der Waals surface area contributed by atoms with Crippen LogP contribution in [0.2, 0.25) is 0 Å². The van der Waals surface area contributed by atoms with Crippen LogP contribution in [0.3, 0.4) is 0 Å². The number of aromatic nitrogens is 3. The first kappa shape index (κ1) is 15.2. The maximum absolute atomic E-state index is 12.4. The first-order valence-electron chi connectivity index (χ1n) is 7.43. The molecule has 0 spiro atoms. The van der Waals surface area contributed by atoms with Gasteiger partial charge in [0.15, 0.2) is 0 Å². The van der Waals surface area contributed by atoms with E-state index in [1.807, 2.05) is 36.1 Å². The molecule has 0 bridgehead atoms. The Morgan fingerprint density at radius 2 is 1.76 bits per heavy atom. The minimum absolute atomic E-state index is 0.0930. The molecule has 5 nitrogen and oxygen atoms in total. The maximum Gasteiger partial charge on any atom is 0.293 e. The Bertz CT molecular complexity index is 583. The Balaban J connectivity index is 2.18. The third kappa shape index (κ3) is 3.68. The van der Waals surface area contributed by atoms with Gasteiger partial charge in [0.2, 0.25) is 5.82 Å². The molecule has 1 heterocycles. The Kier molecular flexibility index (Phi) is 5.09. The van der Waals surface area contributed by atoms with Crippen molar-refractivity contribution in [1.29, 1.82) is 0 Å². The molecule has 2 aromatic rings. The lowest BCUT2D eigenvalue weighted by Crippen LogP contribution is -2.33. The summed E-state index contributed by atoms with van der Waals surface area (Å²) in [6, 6.07) is 7.96. The molecule has 0 saturated carbocycles. The van der Waals surface area contributed by atoms with Gasteiger partial charge in [-0.25, -0.2) is 9.67 Å². The average molecular weight is 286 g/mol. The Hall–Kier alpha value is -2.17. The van der Waals surface area contributed by atoms with Gasteiger partial charge in [-0.2, -0.15) is 0 Å².